The van der Waals surface area contributed by atoms with Gasteiger partial charge in [-0.1, -0.05) is 12.5 Å². The molecule has 2 N–H and O–H groups in total. The number of aliphatic carboxylic acids is 1. The van der Waals surface area contributed by atoms with Crippen molar-refractivity contribution in [3.8, 4) is 0 Å². The Morgan fingerprint density at radius 3 is 2.60 bits per heavy atom. The van der Waals surface area contributed by atoms with Crippen LogP contribution in [0.15, 0.2) is 18.2 Å². The third kappa shape index (κ3) is 3.38. The molecule has 0 aliphatic heterocycles. The standard InChI is InChI=1S/C16H21NO3/c1-10-6-7-12(8-11(10)2)15(18)17-14-5-3-4-13(9-14)16(19)20/h6-8,13-14H,3-5,9H2,1-2H3,(H,17,18)(H,19,20). The summed E-state index contributed by atoms with van der Waals surface area (Å²) < 4.78 is 0. The van der Waals surface area contributed by atoms with Crippen LogP contribution in [0.2, 0.25) is 0 Å². The van der Waals surface area contributed by atoms with E-state index in [-0.39, 0.29) is 17.9 Å². The number of rotatable bonds is 3. The van der Waals surface area contributed by atoms with E-state index in [9.17, 15) is 9.59 Å². The number of hydrogen-bond donors (Lipinski definition) is 2. The maximum Gasteiger partial charge on any atom is 0.306 e. The number of carbonyl (C=O) groups is 2. The maximum absolute atomic E-state index is 12.2. The highest BCUT2D eigenvalue weighted by atomic mass is 16.4. The zero-order valence-electron chi connectivity index (χ0n) is 12.0. The van der Waals surface area contributed by atoms with E-state index in [2.05, 4.69) is 5.32 Å². The molecule has 2 unspecified atom stereocenters. The molecule has 0 saturated heterocycles. The Bertz CT molecular complexity index is 524. The topological polar surface area (TPSA) is 66.4 Å². The first kappa shape index (κ1) is 14.6. The minimum absolute atomic E-state index is 0.0287. The Labute approximate surface area is 119 Å². The van der Waals surface area contributed by atoms with Gasteiger partial charge in [-0.25, -0.2) is 0 Å². The molecule has 2 atom stereocenters. The number of benzene rings is 1. The average molecular weight is 275 g/mol. The molecule has 0 aromatic heterocycles. The number of carboxylic acids is 1. The van der Waals surface area contributed by atoms with Crippen molar-refractivity contribution >= 4 is 11.9 Å². The van der Waals surface area contributed by atoms with E-state index in [1.165, 1.54) is 0 Å². The van der Waals surface area contributed by atoms with Crippen LogP contribution >= 0.6 is 0 Å². The molecule has 20 heavy (non-hydrogen) atoms. The molecule has 1 aliphatic carbocycles. The number of carbonyl (C=O) groups excluding carboxylic acids is 1. The first-order valence-electron chi connectivity index (χ1n) is 7.08. The summed E-state index contributed by atoms with van der Waals surface area (Å²) >= 11 is 0. The van der Waals surface area contributed by atoms with Gasteiger partial charge in [0.15, 0.2) is 0 Å². The lowest BCUT2D eigenvalue weighted by atomic mass is 9.85. The molecule has 0 bridgehead atoms. The van der Waals surface area contributed by atoms with Gasteiger partial charge in [-0.15, -0.1) is 0 Å². The molecule has 1 saturated carbocycles. The van der Waals surface area contributed by atoms with Crippen LogP contribution in [0.4, 0.5) is 0 Å². The summed E-state index contributed by atoms with van der Waals surface area (Å²) in [7, 11) is 0. The zero-order valence-corrected chi connectivity index (χ0v) is 12.0. The Morgan fingerprint density at radius 2 is 1.95 bits per heavy atom. The average Bonchev–Trinajstić information content (AvgIpc) is 2.42. The Balaban J connectivity index is 2.00. The second-order valence-electron chi connectivity index (χ2n) is 5.67. The summed E-state index contributed by atoms with van der Waals surface area (Å²) in [5.74, 6) is -1.19. The second-order valence-corrected chi connectivity index (χ2v) is 5.67. The molecule has 1 amide bonds. The molecule has 2 rings (SSSR count). The molecule has 1 aliphatic rings. The van der Waals surface area contributed by atoms with E-state index in [4.69, 9.17) is 5.11 Å². The zero-order chi connectivity index (χ0) is 14.7. The Morgan fingerprint density at radius 1 is 1.20 bits per heavy atom. The number of hydrogen-bond acceptors (Lipinski definition) is 2. The predicted molar refractivity (Wildman–Crippen MR) is 76.8 cm³/mol. The van der Waals surface area contributed by atoms with E-state index in [1.54, 1.807) is 0 Å². The van der Waals surface area contributed by atoms with Crippen molar-refractivity contribution in [1.82, 2.24) is 5.32 Å². The van der Waals surface area contributed by atoms with Crippen LogP contribution in [-0.4, -0.2) is 23.0 Å². The SMILES string of the molecule is Cc1ccc(C(=O)NC2CCCC(C(=O)O)C2)cc1C. The molecule has 0 heterocycles. The summed E-state index contributed by atoms with van der Waals surface area (Å²) in [5, 5.41) is 12.0. The normalized spacial score (nSPS) is 22.3. The van der Waals surface area contributed by atoms with Gasteiger partial charge in [0.25, 0.3) is 5.91 Å². The molecule has 4 nitrogen and oxygen atoms in total. The van der Waals surface area contributed by atoms with Crippen LogP contribution in [0.1, 0.15) is 47.2 Å². The number of aryl methyl sites for hydroxylation is 2. The fraction of sp³-hybridized carbons (Fsp3) is 0.500. The molecule has 1 aromatic carbocycles. The van der Waals surface area contributed by atoms with Crippen molar-refractivity contribution in [3.05, 3.63) is 34.9 Å². The van der Waals surface area contributed by atoms with Crippen molar-refractivity contribution in [3.63, 3.8) is 0 Å². The van der Waals surface area contributed by atoms with E-state index in [0.717, 1.165) is 24.0 Å². The van der Waals surface area contributed by atoms with Gasteiger partial charge in [-0.3, -0.25) is 9.59 Å². The lowest BCUT2D eigenvalue weighted by molar-refractivity contribution is -0.143. The number of carboxylic acid groups (broad SMARTS) is 1. The fourth-order valence-corrected chi connectivity index (χ4v) is 2.70. The van der Waals surface area contributed by atoms with E-state index >= 15 is 0 Å². The van der Waals surface area contributed by atoms with Gasteiger partial charge in [-0.2, -0.15) is 0 Å². The van der Waals surface area contributed by atoms with Crippen LogP contribution < -0.4 is 5.32 Å². The van der Waals surface area contributed by atoms with Crippen molar-refractivity contribution < 1.29 is 14.7 Å². The minimum Gasteiger partial charge on any atom is -0.481 e. The third-order valence-corrected chi connectivity index (χ3v) is 4.13. The lowest BCUT2D eigenvalue weighted by Crippen LogP contribution is -2.39. The van der Waals surface area contributed by atoms with Gasteiger partial charge in [0.05, 0.1) is 5.92 Å². The lowest BCUT2D eigenvalue weighted by Gasteiger charge is -2.27. The second kappa shape index (κ2) is 6.07. The maximum atomic E-state index is 12.2. The van der Waals surface area contributed by atoms with Gasteiger partial charge >= 0.3 is 5.97 Å². The van der Waals surface area contributed by atoms with E-state index in [1.807, 2.05) is 32.0 Å². The van der Waals surface area contributed by atoms with Crippen LogP contribution in [0.5, 0.6) is 0 Å². The minimum atomic E-state index is -0.755. The van der Waals surface area contributed by atoms with Crippen LogP contribution in [0.25, 0.3) is 0 Å². The molecular formula is C16H21NO3. The van der Waals surface area contributed by atoms with Crippen molar-refractivity contribution in [2.75, 3.05) is 0 Å². The molecule has 0 spiro atoms. The van der Waals surface area contributed by atoms with Gasteiger partial charge in [0.1, 0.15) is 0 Å². The van der Waals surface area contributed by atoms with Gasteiger partial charge < -0.3 is 10.4 Å². The summed E-state index contributed by atoms with van der Waals surface area (Å²) in [6, 6.07) is 5.60. The van der Waals surface area contributed by atoms with Gasteiger partial charge in [-0.05, 0) is 56.4 Å². The van der Waals surface area contributed by atoms with Gasteiger partial charge in [0.2, 0.25) is 0 Å². The highest BCUT2D eigenvalue weighted by molar-refractivity contribution is 5.94. The number of amides is 1. The van der Waals surface area contributed by atoms with Crippen LogP contribution in [0, 0.1) is 19.8 Å². The highest BCUT2D eigenvalue weighted by Crippen LogP contribution is 2.24. The van der Waals surface area contributed by atoms with Crippen molar-refractivity contribution in [2.45, 2.75) is 45.6 Å². The third-order valence-electron chi connectivity index (χ3n) is 4.13. The van der Waals surface area contributed by atoms with Crippen molar-refractivity contribution in [1.29, 1.82) is 0 Å². The smallest absolute Gasteiger partial charge is 0.306 e. The largest absolute Gasteiger partial charge is 0.481 e. The first-order chi connectivity index (χ1) is 9.47. The quantitative estimate of drug-likeness (QED) is 0.891. The molecule has 108 valence electrons. The molecule has 1 fully saturated rings. The number of nitrogens with one attached hydrogen (secondary N) is 1. The molecule has 1 aromatic rings. The van der Waals surface area contributed by atoms with Crippen molar-refractivity contribution in [2.24, 2.45) is 5.92 Å². The fourth-order valence-electron chi connectivity index (χ4n) is 2.70. The molecule has 4 heteroatoms. The van der Waals surface area contributed by atoms with Crippen LogP contribution in [0.3, 0.4) is 0 Å². The monoisotopic (exact) mass is 275 g/mol. The highest BCUT2D eigenvalue weighted by Gasteiger charge is 2.27. The van der Waals surface area contributed by atoms with E-state index < -0.39 is 5.97 Å². The Hall–Kier alpha value is -1.84. The van der Waals surface area contributed by atoms with E-state index in [0.29, 0.717) is 18.4 Å². The van der Waals surface area contributed by atoms with Gasteiger partial charge in [0, 0.05) is 11.6 Å². The summed E-state index contributed by atoms with van der Waals surface area (Å²) in [5.41, 5.74) is 2.89. The first-order valence-corrected chi connectivity index (χ1v) is 7.08. The summed E-state index contributed by atoms with van der Waals surface area (Å²) in [6.45, 7) is 3.99. The summed E-state index contributed by atoms with van der Waals surface area (Å²) in [6.07, 6.45) is 2.96. The molecule has 0 radical (unpaired) electrons. The van der Waals surface area contributed by atoms with Crippen LogP contribution in [-0.2, 0) is 4.79 Å². The summed E-state index contributed by atoms with van der Waals surface area (Å²) in [4.78, 5) is 23.2. The molecular weight excluding hydrogens is 254 g/mol. The predicted octanol–water partition coefficient (Wildman–Crippen LogP) is 2.68. The Kier molecular flexibility index (Phi) is 4.42.